The number of amides is 1. The van der Waals surface area contributed by atoms with Crippen LogP contribution >= 0.6 is 0 Å². The number of aliphatic hydroxyl groups excluding tert-OH is 1. The van der Waals surface area contributed by atoms with Gasteiger partial charge >= 0.3 is 0 Å². The van der Waals surface area contributed by atoms with Gasteiger partial charge in [-0.15, -0.1) is 0 Å². The molecule has 0 fully saturated rings. The molecular formula is C19H25N3O4S. The topological polar surface area (TPSA) is 122 Å². The fraction of sp³-hybridized carbons (Fsp3) is 0.316. The summed E-state index contributed by atoms with van der Waals surface area (Å²) in [6, 6.07) is 16.7. The number of aliphatic hydroxyl groups is 1. The van der Waals surface area contributed by atoms with Crippen molar-refractivity contribution in [1.82, 2.24) is 10.0 Å². The van der Waals surface area contributed by atoms with Crippen LogP contribution in [0.15, 0.2) is 65.6 Å². The van der Waals surface area contributed by atoms with Crippen LogP contribution < -0.4 is 15.8 Å². The van der Waals surface area contributed by atoms with E-state index in [1.807, 2.05) is 30.3 Å². The van der Waals surface area contributed by atoms with Gasteiger partial charge in [0.2, 0.25) is 15.9 Å². The van der Waals surface area contributed by atoms with Gasteiger partial charge in [-0.25, -0.2) is 13.1 Å². The fourth-order valence-corrected chi connectivity index (χ4v) is 3.58. The van der Waals surface area contributed by atoms with Gasteiger partial charge in [-0.2, -0.15) is 0 Å². The number of rotatable bonds is 10. The predicted octanol–water partition coefficient (Wildman–Crippen LogP) is 0.402. The third-order valence-corrected chi connectivity index (χ3v) is 5.46. The molecule has 7 nitrogen and oxygen atoms in total. The second kappa shape index (κ2) is 10.2. The number of sulfonamides is 1. The van der Waals surface area contributed by atoms with E-state index in [1.54, 1.807) is 18.2 Å². The van der Waals surface area contributed by atoms with Crippen molar-refractivity contribution < 1.29 is 18.3 Å². The first-order valence-corrected chi connectivity index (χ1v) is 10.2. The molecule has 0 aromatic heterocycles. The van der Waals surface area contributed by atoms with E-state index in [0.29, 0.717) is 12.8 Å². The number of carbonyl (C=O) groups is 1. The summed E-state index contributed by atoms with van der Waals surface area (Å²) in [5.41, 5.74) is 6.84. The van der Waals surface area contributed by atoms with E-state index in [0.717, 1.165) is 5.56 Å². The molecule has 0 bridgehead atoms. The van der Waals surface area contributed by atoms with Gasteiger partial charge in [0.25, 0.3) is 0 Å². The summed E-state index contributed by atoms with van der Waals surface area (Å²) in [7, 11) is -3.56. The van der Waals surface area contributed by atoms with Crippen molar-refractivity contribution >= 4 is 15.9 Å². The van der Waals surface area contributed by atoms with Gasteiger partial charge < -0.3 is 16.2 Å². The summed E-state index contributed by atoms with van der Waals surface area (Å²) in [6.07, 6.45) is -0.559. The van der Waals surface area contributed by atoms with Crippen molar-refractivity contribution in [2.24, 2.45) is 5.73 Å². The molecule has 0 heterocycles. The van der Waals surface area contributed by atoms with Crippen LogP contribution in [-0.2, 0) is 21.2 Å². The number of nitrogens with two attached hydrogens (primary N) is 1. The van der Waals surface area contributed by atoms with Crippen LogP contribution in [0.25, 0.3) is 0 Å². The number of nitrogens with one attached hydrogen (secondary N) is 2. The lowest BCUT2D eigenvalue weighted by Crippen LogP contribution is -2.47. The number of carbonyl (C=O) groups excluding carboxylic acids is 1. The minimum Gasteiger partial charge on any atom is -0.382 e. The highest BCUT2D eigenvalue weighted by atomic mass is 32.2. The molecule has 0 saturated carbocycles. The van der Waals surface area contributed by atoms with Gasteiger partial charge in [-0.1, -0.05) is 48.5 Å². The zero-order chi connectivity index (χ0) is 19.7. The van der Waals surface area contributed by atoms with Gasteiger partial charge in [0.1, 0.15) is 6.10 Å². The minimum absolute atomic E-state index is 0.170. The van der Waals surface area contributed by atoms with Crippen LogP contribution in [-0.4, -0.2) is 44.7 Å². The lowest BCUT2D eigenvalue weighted by atomic mass is 10.0. The Hall–Kier alpha value is -2.26. The van der Waals surface area contributed by atoms with Crippen LogP contribution in [0.2, 0.25) is 0 Å². The molecule has 0 radical (unpaired) electrons. The SMILES string of the molecule is N[C@@H](Cc1ccccc1)[C@@H](O)C(=O)NCCCNS(=O)(=O)c1ccccc1. The van der Waals surface area contributed by atoms with E-state index in [2.05, 4.69) is 10.0 Å². The van der Waals surface area contributed by atoms with E-state index in [-0.39, 0.29) is 18.0 Å². The molecule has 2 aromatic rings. The van der Waals surface area contributed by atoms with Crippen molar-refractivity contribution in [3.05, 3.63) is 66.2 Å². The van der Waals surface area contributed by atoms with Gasteiger partial charge in [0, 0.05) is 19.1 Å². The van der Waals surface area contributed by atoms with Crippen molar-refractivity contribution in [2.45, 2.75) is 29.9 Å². The Labute approximate surface area is 159 Å². The molecule has 5 N–H and O–H groups in total. The van der Waals surface area contributed by atoms with Crippen molar-refractivity contribution in [3.8, 4) is 0 Å². The number of benzene rings is 2. The van der Waals surface area contributed by atoms with Gasteiger partial charge in [0.15, 0.2) is 0 Å². The monoisotopic (exact) mass is 391 g/mol. The van der Waals surface area contributed by atoms with Crippen LogP contribution in [0, 0.1) is 0 Å². The summed E-state index contributed by atoms with van der Waals surface area (Å²) >= 11 is 0. The molecular weight excluding hydrogens is 366 g/mol. The zero-order valence-electron chi connectivity index (χ0n) is 14.9. The Kier molecular flexibility index (Phi) is 7.93. The summed E-state index contributed by atoms with van der Waals surface area (Å²) < 4.78 is 26.6. The normalized spacial score (nSPS) is 13.7. The molecule has 0 unspecified atom stereocenters. The van der Waals surface area contributed by atoms with Crippen molar-refractivity contribution in [3.63, 3.8) is 0 Å². The van der Waals surface area contributed by atoms with Gasteiger partial charge in [-0.3, -0.25) is 4.79 Å². The van der Waals surface area contributed by atoms with Crippen molar-refractivity contribution in [2.75, 3.05) is 13.1 Å². The standard InChI is InChI=1S/C19H25N3O4S/c20-17(14-15-8-3-1-4-9-15)18(23)19(24)21-12-7-13-22-27(25,26)16-10-5-2-6-11-16/h1-6,8-11,17-18,22-23H,7,12-14,20H2,(H,21,24)/t17-,18+/m0/s1. The Balaban J connectivity index is 1.69. The maximum absolute atomic E-state index is 12.0. The van der Waals surface area contributed by atoms with Gasteiger partial charge in [0.05, 0.1) is 4.90 Å². The molecule has 0 spiro atoms. The third kappa shape index (κ3) is 6.76. The average Bonchev–Trinajstić information content (AvgIpc) is 2.68. The largest absolute Gasteiger partial charge is 0.382 e. The molecule has 8 heteroatoms. The zero-order valence-corrected chi connectivity index (χ0v) is 15.7. The Bertz CT molecular complexity index is 813. The van der Waals surface area contributed by atoms with Crippen molar-refractivity contribution in [1.29, 1.82) is 0 Å². The molecule has 2 aromatic carbocycles. The Morgan fingerprint density at radius 2 is 1.59 bits per heavy atom. The first-order chi connectivity index (χ1) is 12.9. The molecule has 0 aliphatic heterocycles. The fourth-order valence-electron chi connectivity index (χ4n) is 2.49. The predicted molar refractivity (Wildman–Crippen MR) is 103 cm³/mol. The summed E-state index contributed by atoms with van der Waals surface area (Å²) in [5.74, 6) is -0.565. The quantitative estimate of drug-likeness (QED) is 0.437. The summed E-state index contributed by atoms with van der Waals surface area (Å²) in [4.78, 5) is 12.2. The van der Waals surface area contributed by atoms with Crippen LogP contribution in [0.5, 0.6) is 0 Å². The molecule has 0 aliphatic carbocycles. The first kappa shape index (κ1) is 21.0. The highest BCUT2D eigenvalue weighted by Gasteiger charge is 2.22. The summed E-state index contributed by atoms with van der Waals surface area (Å²) in [5, 5.41) is 12.6. The van der Waals surface area contributed by atoms with E-state index < -0.39 is 28.1 Å². The number of hydrogen-bond acceptors (Lipinski definition) is 5. The smallest absolute Gasteiger partial charge is 0.250 e. The maximum Gasteiger partial charge on any atom is 0.250 e. The van der Waals surface area contributed by atoms with Crippen LogP contribution in [0.3, 0.4) is 0 Å². The second-order valence-corrected chi connectivity index (χ2v) is 7.92. The molecule has 27 heavy (non-hydrogen) atoms. The Morgan fingerprint density at radius 3 is 2.22 bits per heavy atom. The molecule has 146 valence electrons. The molecule has 0 saturated heterocycles. The van der Waals surface area contributed by atoms with E-state index in [1.165, 1.54) is 12.1 Å². The highest BCUT2D eigenvalue weighted by molar-refractivity contribution is 7.89. The molecule has 0 aliphatic rings. The Morgan fingerprint density at radius 1 is 1.00 bits per heavy atom. The summed E-state index contributed by atoms with van der Waals surface area (Å²) in [6.45, 7) is 0.398. The highest BCUT2D eigenvalue weighted by Crippen LogP contribution is 2.07. The van der Waals surface area contributed by atoms with Crippen LogP contribution in [0.1, 0.15) is 12.0 Å². The molecule has 1 amide bonds. The van der Waals surface area contributed by atoms with Gasteiger partial charge in [-0.05, 0) is 30.5 Å². The van der Waals surface area contributed by atoms with E-state index >= 15 is 0 Å². The number of hydrogen-bond donors (Lipinski definition) is 4. The molecule has 2 rings (SSSR count). The lowest BCUT2D eigenvalue weighted by Gasteiger charge is -2.18. The van der Waals surface area contributed by atoms with E-state index in [9.17, 15) is 18.3 Å². The third-order valence-electron chi connectivity index (χ3n) is 3.99. The van der Waals surface area contributed by atoms with Crippen LogP contribution in [0.4, 0.5) is 0 Å². The molecule has 2 atom stereocenters. The lowest BCUT2D eigenvalue weighted by molar-refractivity contribution is -0.130. The maximum atomic E-state index is 12.0. The first-order valence-electron chi connectivity index (χ1n) is 8.70. The minimum atomic E-state index is -3.56. The average molecular weight is 391 g/mol. The van der Waals surface area contributed by atoms with E-state index in [4.69, 9.17) is 5.73 Å². The second-order valence-electron chi connectivity index (χ2n) is 6.15.